The number of nitrogens with zero attached hydrogens (tertiary/aromatic N) is 5. The minimum Gasteiger partial charge on any atom is -0.496 e. The first-order chi connectivity index (χ1) is 17.2. The van der Waals surface area contributed by atoms with E-state index in [4.69, 9.17) is 9.84 Å². The van der Waals surface area contributed by atoms with E-state index in [9.17, 15) is 18.0 Å². The number of ether oxygens (including phenoxy) is 1. The van der Waals surface area contributed by atoms with E-state index in [0.29, 0.717) is 36.6 Å². The number of rotatable bonds is 5. The Morgan fingerprint density at radius 2 is 1.86 bits per heavy atom. The Labute approximate surface area is 205 Å². The standard InChI is InChI=1S/C26H24F3N5O2/c1-16-5-4-6-20(36-3)24(16)19-13-22-33(23(35)11-12-34(22)31-19)14-17-7-9-18(10-8-17)25-30-21(15-32(25)2)26(27,28)29/h4-10,13,15H,11-12,14H2,1-3H3. The monoisotopic (exact) mass is 495 g/mol. The van der Waals surface area contributed by atoms with E-state index in [1.807, 2.05) is 35.9 Å². The fourth-order valence-electron chi connectivity index (χ4n) is 4.50. The predicted molar refractivity (Wildman–Crippen MR) is 128 cm³/mol. The van der Waals surface area contributed by atoms with Crippen LogP contribution in [0.5, 0.6) is 5.75 Å². The molecule has 2 aromatic carbocycles. The van der Waals surface area contributed by atoms with Gasteiger partial charge in [0.05, 0.1) is 25.9 Å². The van der Waals surface area contributed by atoms with Gasteiger partial charge in [-0.05, 0) is 24.1 Å². The third-order valence-corrected chi connectivity index (χ3v) is 6.30. The van der Waals surface area contributed by atoms with Gasteiger partial charge in [0.1, 0.15) is 17.4 Å². The molecule has 0 aliphatic carbocycles. The Hall–Kier alpha value is -4.08. The average Bonchev–Trinajstić information content (AvgIpc) is 3.45. The Morgan fingerprint density at radius 1 is 1.11 bits per heavy atom. The zero-order valence-electron chi connectivity index (χ0n) is 20.0. The minimum atomic E-state index is -4.51. The number of amides is 1. The number of aromatic nitrogens is 4. The molecule has 0 N–H and O–H groups in total. The lowest BCUT2D eigenvalue weighted by atomic mass is 10.0. The first-order valence-electron chi connectivity index (χ1n) is 11.4. The molecule has 0 fully saturated rings. The molecule has 5 rings (SSSR count). The van der Waals surface area contributed by atoms with Gasteiger partial charge in [-0.2, -0.15) is 18.3 Å². The number of hydrogen-bond donors (Lipinski definition) is 0. The molecular weight excluding hydrogens is 471 g/mol. The van der Waals surface area contributed by atoms with Crippen molar-refractivity contribution in [2.45, 2.75) is 32.6 Å². The normalized spacial score (nSPS) is 13.7. The van der Waals surface area contributed by atoms with E-state index in [0.717, 1.165) is 28.6 Å². The number of fused-ring (bicyclic) bond motifs is 1. The van der Waals surface area contributed by atoms with Crippen molar-refractivity contribution < 1.29 is 22.7 Å². The zero-order chi connectivity index (χ0) is 25.6. The number of hydrogen-bond acceptors (Lipinski definition) is 4. The summed E-state index contributed by atoms with van der Waals surface area (Å²) in [6.07, 6.45) is -3.21. The highest BCUT2D eigenvalue weighted by Gasteiger charge is 2.34. The number of carbonyl (C=O) groups excluding carboxylic acids is 1. The SMILES string of the molecule is COc1cccc(C)c1-c1cc2n(n1)CCC(=O)N2Cc1ccc(-c2nc(C(F)(F)F)cn2C)cc1. The summed E-state index contributed by atoms with van der Waals surface area (Å²) in [4.78, 5) is 18.3. The van der Waals surface area contributed by atoms with Crippen LogP contribution in [0.1, 0.15) is 23.2 Å². The minimum absolute atomic E-state index is 0.0197. The second-order valence-electron chi connectivity index (χ2n) is 8.75. The van der Waals surface area contributed by atoms with Crippen molar-refractivity contribution in [2.75, 3.05) is 12.0 Å². The highest BCUT2D eigenvalue weighted by Crippen LogP contribution is 2.36. The molecular formula is C26H24F3N5O2. The lowest BCUT2D eigenvalue weighted by Gasteiger charge is -2.27. The van der Waals surface area contributed by atoms with Crippen LogP contribution in [0.2, 0.25) is 0 Å². The van der Waals surface area contributed by atoms with Crippen LogP contribution in [-0.4, -0.2) is 32.3 Å². The van der Waals surface area contributed by atoms with Gasteiger partial charge in [0, 0.05) is 36.9 Å². The Balaban J connectivity index is 1.43. The van der Waals surface area contributed by atoms with Gasteiger partial charge < -0.3 is 9.30 Å². The van der Waals surface area contributed by atoms with Crippen LogP contribution in [0.3, 0.4) is 0 Å². The summed E-state index contributed by atoms with van der Waals surface area (Å²) in [5.74, 6) is 1.60. The molecule has 1 aliphatic rings. The van der Waals surface area contributed by atoms with E-state index in [1.165, 1.54) is 11.6 Å². The van der Waals surface area contributed by atoms with Crippen LogP contribution in [-0.2, 0) is 31.1 Å². The summed E-state index contributed by atoms with van der Waals surface area (Å²) < 4.78 is 47.8. The summed E-state index contributed by atoms with van der Waals surface area (Å²) in [7, 11) is 3.14. The topological polar surface area (TPSA) is 65.2 Å². The average molecular weight is 496 g/mol. The summed E-state index contributed by atoms with van der Waals surface area (Å²) in [6, 6.07) is 14.7. The van der Waals surface area contributed by atoms with Crippen molar-refractivity contribution in [1.29, 1.82) is 0 Å². The van der Waals surface area contributed by atoms with Gasteiger partial charge in [0.15, 0.2) is 5.69 Å². The molecule has 0 saturated heterocycles. The van der Waals surface area contributed by atoms with Crippen LogP contribution >= 0.6 is 0 Å². The highest BCUT2D eigenvalue weighted by molar-refractivity contribution is 5.94. The number of halogens is 3. The first-order valence-corrected chi connectivity index (χ1v) is 11.4. The zero-order valence-corrected chi connectivity index (χ0v) is 20.0. The van der Waals surface area contributed by atoms with Crippen molar-refractivity contribution in [3.05, 3.63) is 71.5 Å². The maximum Gasteiger partial charge on any atom is 0.434 e. The molecule has 7 nitrogen and oxygen atoms in total. The highest BCUT2D eigenvalue weighted by atomic mass is 19.4. The fraction of sp³-hybridized carbons (Fsp3) is 0.269. The van der Waals surface area contributed by atoms with Gasteiger partial charge in [0.25, 0.3) is 0 Å². The summed E-state index contributed by atoms with van der Waals surface area (Å²) in [6.45, 7) is 2.78. The predicted octanol–water partition coefficient (Wildman–Crippen LogP) is 5.22. The second kappa shape index (κ2) is 8.85. The fourth-order valence-corrected chi connectivity index (χ4v) is 4.50. The molecule has 0 radical (unpaired) electrons. The molecule has 0 spiro atoms. The Bertz CT molecular complexity index is 1440. The number of carbonyl (C=O) groups is 1. The number of anilines is 1. The van der Waals surface area contributed by atoms with Crippen LogP contribution < -0.4 is 9.64 Å². The van der Waals surface area contributed by atoms with Crippen molar-refractivity contribution in [1.82, 2.24) is 19.3 Å². The largest absolute Gasteiger partial charge is 0.496 e. The first kappa shape index (κ1) is 23.7. The van der Waals surface area contributed by atoms with Crippen LogP contribution in [0.4, 0.5) is 19.0 Å². The van der Waals surface area contributed by atoms with E-state index < -0.39 is 11.9 Å². The maximum atomic E-state index is 13.0. The smallest absolute Gasteiger partial charge is 0.434 e. The summed E-state index contributed by atoms with van der Waals surface area (Å²) in [5.41, 5.74) is 3.08. The Morgan fingerprint density at radius 3 is 2.53 bits per heavy atom. The number of aryl methyl sites for hydroxylation is 3. The molecule has 0 bridgehead atoms. The van der Waals surface area contributed by atoms with Gasteiger partial charge in [-0.15, -0.1) is 0 Å². The molecule has 0 saturated carbocycles. The van der Waals surface area contributed by atoms with Crippen molar-refractivity contribution >= 4 is 11.7 Å². The van der Waals surface area contributed by atoms with Crippen LogP contribution in [0.15, 0.2) is 54.7 Å². The van der Waals surface area contributed by atoms with Gasteiger partial charge >= 0.3 is 6.18 Å². The van der Waals surface area contributed by atoms with Gasteiger partial charge in [-0.3, -0.25) is 9.69 Å². The number of benzene rings is 2. The lowest BCUT2D eigenvalue weighted by Crippen LogP contribution is -2.36. The molecule has 10 heteroatoms. The van der Waals surface area contributed by atoms with Crippen molar-refractivity contribution in [3.8, 4) is 28.4 Å². The molecule has 0 atom stereocenters. The number of methoxy groups -OCH3 is 1. The third kappa shape index (κ3) is 4.23. The number of alkyl halides is 3. The molecule has 1 aliphatic heterocycles. The quantitative estimate of drug-likeness (QED) is 0.381. The lowest BCUT2D eigenvalue weighted by molar-refractivity contribution is -0.140. The number of imidazole rings is 1. The molecule has 186 valence electrons. The van der Waals surface area contributed by atoms with E-state index in [-0.39, 0.29) is 11.7 Å². The molecule has 0 unspecified atom stereocenters. The second-order valence-corrected chi connectivity index (χ2v) is 8.75. The molecule has 3 heterocycles. The van der Waals surface area contributed by atoms with Crippen LogP contribution in [0.25, 0.3) is 22.6 Å². The van der Waals surface area contributed by atoms with E-state index in [1.54, 1.807) is 36.3 Å². The summed E-state index contributed by atoms with van der Waals surface area (Å²) in [5, 5.41) is 4.74. The van der Waals surface area contributed by atoms with Gasteiger partial charge in [0.2, 0.25) is 5.91 Å². The van der Waals surface area contributed by atoms with Gasteiger partial charge in [-0.25, -0.2) is 9.67 Å². The third-order valence-electron chi connectivity index (χ3n) is 6.30. The molecule has 36 heavy (non-hydrogen) atoms. The van der Waals surface area contributed by atoms with Gasteiger partial charge in [-0.1, -0.05) is 36.4 Å². The van der Waals surface area contributed by atoms with E-state index >= 15 is 0 Å². The molecule has 1 amide bonds. The molecule has 4 aromatic rings. The van der Waals surface area contributed by atoms with Crippen LogP contribution in [0, 0.1) is 6.92 Å². The van der Waals surface area contributed by atoms with Crippen molar-refractivity contribution in [2.24, 2.45) is 7.05 Å². The van der Waals surface area contributed by atoms with E-state index in [2.05, 4.69) is 4.98 Å². The summed E-state index contributed by atoms with van der Waals surface area (Å²) >= 11 is 0. The molecule has 2 aromatic heterocycles. The Kier molecular flexibility index (Phi) is 5.82. The maximum absolute atomic E-state index is 13.0. The van der Waals surface area contributed by atoms with Crippen molar-refractivity contribution in [3.63, 3.8) is 0 Å².